The van der Waals surface area contributed by atoms with Crippen molar-refractivity contribution < 1.29 is 0 Å². The van der Waals surface area contributed by atoms with Gasteiger partial charge in [0, 0.05) is 6.04 Å². The molecule has 1 aliphatic rings. The van der Waals surface area contributed by atoms with E-state index in [1.807, 2.05) is 0 Å². The molecule has 3 atom stereocenters. The molecular weight excluding hydrogens is 254 g/mol. The molecular formula is C20H25N. The van der Waals surface area contributed by atoms with E-state index in [0.29, 0.717) is 12.1 Å². The Bertz CT molecular complexity index is 575. The molecule has 1 aliphatic carbocycles. The summed E-state index contributed by atoms with van der Waals surface area (Å²) in [5.41, 5.74) is 4.14. The van der Waals surface area contributed by atoms with Gasteiger partial charge in [-0.05, 0) is 48.8 Å². The molecule has 1 fully saturated rings. The summed E-state index contributed by atoms with van der Waals surface area (Å²) in [7, 11) is 0. The molecule has 0 spiro atoms. The molecule has 0 radical (unpaired) electrons. The Kier molecular flexibility index (Phi) is 4.40. The van der Waals surface area contributed by atoms with Crippen molar-refractivity contribution in [2.24, 2.45) is 5.92 Å². The van der Waals surface area contributed by atoms with Crippen LogP contribution < -0.4 is 5.32 Å². The van der Waals surface area contributed by atoms with Crippen LogP contribution in [-0.2, 0) is 0 Å². The van der Waals surface area contributed by atoms with Crippen molar-refractivity contribution in [1.82, 2.24) is 5.32 Å². The SMILES string of the molecule is Cc1ccccc1C(NC1CCC(C)C1)c1ccccc1. The zero-order chi connectivity index (χ0) is 14.7. The third-order valence-corrected chi connectivity index (χ3v) is 4.73. The summed E-state index contributed by atoms with van der Waals surface area (Å²) in [5, 5.41) is 3.92. The van der Waals surface area contributed by atoms with Crippen molar-refractivity contribution >= 4 is 0 Å². The van der Waals surface area contributed by atoms with Gasteiger partial charge in [-0.3, -0.25) is 0 Å². The van der Waals surface area contributed by atoms with Crippen LogP contribution in [0, 0.1) is 12.8 Å². The average molecular weight is 279 g/mol. The minimum absolute atomic E-state index is 0.308. The van der Waals surface area contributed by atoms with Gasteiger partial charge in [0.15, 0.2) is 0 Å². The fourth-order valence-corrected chi connectivity index (χ4v) is 3.52. The highest BCUT2D eigenvalue weighted by Gasteiger charge is 2.25. The fraction of sp³-hybridized carbons (Fsp3) is 0.400. The first kappa shape index (κ1) is 14.3. The van der Waals surface area contributed by atoms with Crippen molar-refractivity contribution in [2.75, 3.05) is 0 Å². The van der Waals surface area contributed by atoms with E-state index in [4.69, 9.17) is 0 Å². The molecule has 1 nitrogen and oxygen atoms in total. The van der Waals surface area contributed by atoms with Crippen molar-refractivity contribution in [3.8, 4) is 0 Å². The van der Waals surface area contributed by atoms with Gasteiger partial charge < -0.3 is 5.32 Å². The minimum Gasteiger partial charge on any atom is -0.303 e. The van der Waals surface area contributed by atoms with Crippen LogP contribution in [0.5, 0.6) is 0 Å². The van der Waals surface area contributed by atoms with Crippen LogP contribution in [0.25, 0.3) is 0 Å². The maximum absolute atomic E-state index is 3.92. The smallest absolute Gasteiger partial charge is 0.0581 e. The first-order chi connectivity index (χ1) is 10.2. The van der Waals surface area contributed by atoms with E-state index >= 15 is 0 Å². The molecule has 0 amide bonds. The molecule has 1 saturated carbocycles. The maximum atomic E-state index is 3.92. The van der Waals surface area contributed by atoms with Gasteiger partial charge in [0.2, 0.25) is 0 Å². The van der Waals surface area contributed by atoms with Gasteiger partial charge in [0.05, 0.1) is 6.04 Å². The van der Waals surface area contributed by atoms with E-state index in [1.54, 1.807) is 0 Å². The van der Waals surface area contributed by atoms with E-state index in [2.05, 4.69) is 73.8 Å². The Morgan fingerprint density at radius 1 is 0.952 bits per heavy atom. The quantitative estimate of drug-likeness (QED) is 0.842. The van der Waals surface area contributed by atoms with E-state index in [0.717, 1.165) is 5.92 Å². The molecule has 0 aromatic heterocycles. The second-order valence-corrected chi connectivity index (χ2v) is 6.48. The second-order valence-electron chi connectivity index (χ2n) is 6.48. The summed E-state index contributed by atoms with van der Waals surface area (Å²) >= 11 is 0. The molecule has 3 unspecified atom stereocenters. The lowest BCUT2D eigenvalue weighted by molar-refractivity contribution is 0.464. The topological polar surface area (TPSA) is 12.0 Å². The first-order valence-corrected chi connectivity index (χ1v) is 8.10. The lowest BCUT2D eigenvalue weighted by Gasteiger charge is -2.25. The Morgan fingerprint density at radius 3 is 2.33 bits per heavy atom. The molecule has 2 aromatic carbocycles. The second kappa shape index (κ2) is 6.44. The number of hydrogen-bond acceptors (Lipinski definition) is 1. The maximum Gasteiger partial charge on any atom is 0.0581 e. The van der Waals surface area contributed by atoms with E-state index < -0.39 is 0 Å². The Balaban J connectivity index is 1.90. The van der Waals surface area contributed by atoms with Gasteiger partial charge >= 0.3 is 0 Å². The molecule has 1 heteroatoms. The van der Waals surface area contributed by atoms with Crippen LogP contribution in [0.15, 0.2) is 54.6 Å². The third kappa shape index (κ3) is 3.36. The molecule has 0 aliphatic heterocycles. The van der Waals surface area contributed by atoms with Crippen molar-refractivity contribution in [1.29, 1.82) is 0 Å². The summed E-state index contributed by atoms with van der Waals surface area (Å²) in [6.07, 6.45) is 3.96. The van der Waals surface area contributed by atoms with Crippen LogP contribution in [0.1, 0.15) is 48.9 Å². The monoisotopic (exact) mass is 279 g/mol. The van der Waals surface area contributed by atoms with Crippen LogP contribution in [0.2, 0.25) is 0 Å². The summed E-state index contributed by atoms with van der Waals surface area (Å²) in [6, 6.07) is 20.5. The number of rotatable bonds is 4. The van der Waals surface area contributed by atoms with Gasteiger partial charge in [0.25, 0.3) is 0 Å². The zero-order valence-corrected chi connectivity index (χ0v) is 13.0. The van der Waals surface area contributed by atoms with Crippen LogP contribution >= 0.6 is 0 Å². The number of aryl methyl sites for hydroxylation is 1. The predicted molar refractivity (Wildman–Crippen MR) is 89.4 cm³/mol. The van der Waals surface area contributed by atoms with E-state index in [9.17, 15) is 0 Å². The molecule has 2 aromatic rings. The normalized spacial score (nSPS) is 23.1. The van der Waals surface area contributed by atoms with Gasteiger partial charge in [-0.25, -0.2) is 0 Å². The lowest BCUT2D eigenvalue weighted by atomic mass is 9.94. The summed E-state index contributed by atoms with van der Waals surface area (Å²) in [5.74, 6) is 0.857. The average Bonchev–Trinajstić information content (AvgIpc) is 2.92. The number of nitrogens with one attached hydrogen (secondary N) is 1. The molecule has 0 bridgehead atoms. The highest BCUT2D eigenvalue weighted by atomic mass is 15.0. The molecule has 1 N–H and O–H groups in total. The first-order valence-electron chi connectivity index (χ1n) is 8.10. The van der Waals surface area contributed by atoms with E-state index in [-0.39, 0.29) is 0 Å². The van der Waals surface area contributed by atoms with Crippen molar-refractivity contribution in [3.63, 3.8) is 0 Å². The highest BCUT2D eigenvalue weighted by Crippen LogP contribution is 2.30. The van der Waals surface area contributed by atoms with Gasteiger partial charge in [0.1, 0.15) is 0 Å². The number of benzene rings is 2. The Morgan fingerprint density at radius 2 is 1.67 bits per heavy atom. The lowest BCUT2D eigenvalue weighted by Crippen LogP contribution is -2.32. The largest absolute Gasteiger partial charge is 0.303 e. The molecule has 0 heterocycles. The Labute approximate surface area is 128 Å². The zero-order valence-electron chi connectivity index (χ0n) is 13.0. The molecule has 3 rings (SSSR count). The standard InChI is InChI=1S/C20H25N/c1-15-12-13-18(14-15)21-20(17-9-4-3-5-10-17)19-11-7-6-8-16(19)2/h3-11,15,18,20-21H,12-14H2,1-2H3. The van der Waals surface area contributed by atoms with Crippen LogP contribution in [0.3, 0.4) is 0 Å². The van der Waals surface area contributed by atoms with Gasteiger partial charge in [-0.2, -0.15) is 0 Å². The predicted octanol–water partition coefficient (Wildman–Crippen LogP) is 4.86. The molecule has 21 heavy (non-hydrogen) atoms. The van der Waals surface area contributed by atoms with E-state index in [1.165, 1.54) is 36.0 Å². The molecule has 0 saturated heterocycles. The van der Waals surface area contributed by atoms with Gasteiger partial charge in [-0.1, -0.05) is 61.5 Å². The minimum atomic E-state index is 0.308. The van der Waals surface area contributed by atoms with Crippen LogP contribution in [-0.4, -0.2) is 6.04 Å². The molecule has 110 valence electrons. The van der Waals surface area contributed by atoms with Crippen molar-refractivity contribution in [2.45, 2.75) is 45.2 Å². The summed E-state index contributed by atoms with van der Waals surface area (Å²) in [6.45, 7) is 4.58. The summed E-state index contributed by atoms with van der Waals surface area (Å²) < 4.78 is 0. The fourth-order valence-electron chi connectivity index (χ4n) is 3.52. The van der Waals surface area contributed by atoms with Crippen LogP contribution in [0.4, 0.5) is 0 Å². The highest BCUT2D eigenvalue weighted by molar-refractivity contribution is 5.36. The Hall–Kier alpha value is -1.60. The van der Waals surface area contributed by atoms with Gasteiger partial charge in [-0.15, -0.1) is 0 Å². The summed E-state index contributed by atoms with van der Waals surface area (Å²) in [4.78, 5) is 0. The number of hydrogen-bond donors (Lipinski definition) is 1. The third-order valence-electron chi connectivity index (χ3n) is 4.73. The van der Waals surface area contributed by atoms with Crippen molar-refractivity contribution in [3.05, 3.63) is 71.3 Å².